The van der Waals surface area contributed by atoms with E-state index in [-0.39, 0.29) is 26.1 Å². The van der Waals surface area contributed by atoms with Crippen molar-refractivity contribution in [1.29, 1.82) is 0 Å². The third-order valence-electron chi connectivity index (χ3n) is 4.18. The molecule has 9 nitrogen and oxygen atoms in total. The van der Waals surface area contributed by atoms with Gasteiger partial charge in [-0.3, -0.25) is 14.4 Å². The smallest absolute Gasteiger partial charge is 0.408 e. The first-order valence-corrected chi connectivity index (χ1v) is 10.8. The van der Waals surface area contributed by atoms with E-state index in [0.29, 0.717) is 18.5 Å². The van der Waals surface area contributed by atoms with Gasteiger partial charge >= 0.3 is 12.1 Å². The minimum Gasteiger partial charge on any atom is -0.466 e. The minimum absolute atomic E-state index is 0.0308. The first kappa shape index (κ1) is 26.9. The Balaban J connectivity index is 2.97. The van der Waals surface area contributed by atoms with Gasteiger partial charge in [0.25, 0.3) is 0 Å². The Morgan fingerprint density at radius 2 is 1.69 bits per heavy atom. The fourth-order valence-corrected chi connectivity index (χ4v) is 2.93. The third kappa shape index (κ3) is 9.80. The first-order chi connectivity index (χ1) is 15.1. The summed E-state index contributed by atoms with van der Waals surface area (Å²) in [5.74, 6) is -1.25. The minimum atomic E-state index is -0.911. The average molecular weight is 450 g/mol. The van der Waals surface area contributed by atoms with Crippen molar-refractivity contribution in [2.75, 3.05) is 26.2 Å². The van der Waals surface area contributed by atoms with Gasteiger partial charge in [0.2, 0.25) is 11.8 Å². The van der Waals surface area contributed by atoms with E-state index in [2.05, 4.69) is 10.6 Å². The molecule has 3 amide bonds. The molecule has 0 aliphatic rings. The number of alkyl carbamates (subject to hydrolysis) is 1. The van der Waals surface area contributed by atoms with E-state index < -0.39 is 35.5 Å². The molecule has 1 aromatic carbocycles. The number of nitrogens with zero attached hydrogens (tertiary/aromatic N) is 1. The number of esters is 1. The van der Waals surface area contributed by atoms with Gasteiger partial charge in [-0.05, 0) is 39.7 Å². The Bertz CT molecular complexity index is 761. The molecule has 0 aliphatic heterocycles. The van der Waals surface area contributed by atoms with Crippen molar-refractivity contribution in [3.8, 4) is 0 Å². The molecule has 0 saturated heterocycles. The Labute approximate surface area is 189 Å². The first-order valence-electron chi connectivity index (χ1n) is 10.8. The second-order valence-electron chi connectivity index (χ2n) is 8.10. The molecular weight excluding hydrogens is 414 g/mol. The number of carbonyl (C=O) groups is 4. The molecule has 0 saturated carbocycles. The normalized spacial score (nSPS) is 11.8. The van der Waals surface area contributed by atoms with Gasteiger partial charge in [0.1, 0.15) is 18.2 Å². The van der Waals surface area contributed by atoms with Gasteiger partial charge in [-0.2, -0.15) is 0 Å². The van der Waals surface area contributed by atoms with Crippen LogP contribution in [0, 0.1) is 0 Å². The highest BCUT2D eigenvalue weighted by Gasteiger charge is 2.31. The van der Waals surface area contributed by atoms with Crippen molar-refractivity contribution in [3.63, 3.8) is 0 Å². The summed E-state index contributed by atoms with van der Waals surface area (Å²) in [5, 5.41) is 5.16. The van der Waals surface area contributed by atoms with Crippen LogP contribution in [-0.2, 0) is 23.9 Å². The maximum atomic E-state index is 13.1. The number of ether oxygens (including phenoxy) is 2. The van der Waals surface area contributed by atoms with E-state index in [4.69, 9.17) is 9.47 Å². The predicted octanol–water partition coefficient (Wildman–Crippen LogP) is 2.56. The Kier molecular flexibility index (Phi) is 11.2. The maximum Gasteiger partial charge on any atom is 0.408 e. The van der Waals surface area contributed by atoms with Crippen molar-refractivity contribution < 1.29 is 28.7 Å². The zero-order chi connectivity index (χ0) is 24.1. The van der Waals surface area contributed by atoms with Crippen LogP contribution in [0.2, 0.25) is 0 Å². The lowest BCUT2D eigenvalue weighted by atomic mass is 10.0. The summed E-state index contributed by atoms with van der Waals surface area (Å²) in [7, 11) is 0. The summed E-state index contributed by atoms with van der Waals surface area (Å²) in [4.78, 5) is 51.0. The average Bonchev–Trinajstić information content (AvgIpc) is 2.71. The molecule has 1 atom stereocenters. The standard InChI is InChI=1S/C23H35N3O6/c1-6-15-26(18(27)16-25-22(30)32-23(3,4)5)20(17-11-9-8-10-12-17)21(29)24-14-13-19(28)31-7-2/h8-12,20H,6-7,13-16H2,1-5H3,(H,24,29)(H,25,30). The highest BCUT2D eigenvalue weighted by atomic mass is 16.6. The molecule has 2 N–H and O–H groups in total. The zero-order valence-corrected chi connectivity index (χ0v) is 19.6. The van der Waals surface area contributed by atoms with E-state index in [1.165, 1.54) is 4.90 Å². The Morgan fingerprint density at radius 3 is 2.25 bits per heavy atom. The van der Waals surface area contributed by atoms with Crippen LogP contribution in [0.4, 0.5) is 4.79 Å². The zero-order valence-electron chi connectivity index (χ0n) is 19.6. The van der Waals surface area contributed by atoms with Gasteiger partial charge in [-0.1, -0.05) is 37.3 Å². The van der Waals surface area contributed by atoms with E-state index in [1.54, 1.807) is 52.0 Å². The van der Waals surface area contributed by atoms with Crippen LogP contribution in [0.1, 0.15) is 59.1 Å². The van der Waals surface area contributed by atoms with Crippen LogP contribution in [0.3, 0.4) is 0 Å². The highest BCUT2D eigenvalue weighted by Crippen LogP contribution is 2.22. The van der Waals surface area contributed by atoms with Gasteiger partial charge in [0.05, 0.1) is 13.0 Å². The summed E-state index contributed by atoms with van der Waals surface area (Å²) >= 11 is 0. The van der Waals surface area contributed by atoms with Crippen molar-refractivity contribution in [3.05, 3.63) is 35.9 Å². The van der Waals surface area contributed by atoms with Crippen molar-refractivity contribution in [1.82, 2.24) is 15.5 Å². The SMILES string of the molecule is CCCN(C(=O)CNC(=O)OC(C)(C)C)C(C(=O)NCCC(=O)OCC)c1ccccc1. The molecule has 0 radical (unpaired) electrons. The number of rotatable bonds is 11. The van der Waals surface area contributed by atoms with E-state index in [1.807, 2.05) is 13.0 Å². The summed E-state index contributed by atoms with van der Waals surface area (Å²) < 4.78 is 10.0. The molecule has 0 aliphatic carbocycles. The van der Waals surface area contributed by atoms with Crippen LogP contribution < -0.4 is 10.6 Å². The number of amides is 3. The molecule has 178 valence electrons. The lowest BCUT2D eigenvalue weighted by molar-refractivity contribution is -0.143. The molecule has 1 rings (SSSR count). The molecule has 1 unspecified atom stereocenters. The van der Waals surface area contributed by atoms with Crippen LogP contribution in [0.25, 0.3) is 0 Å². The number of hydrogen-bond acceptors (Lipinski definition) is 6. The highest BCUT2D eigenvalue weighted by molar-refractivity contribution is 5.90. The monoisotopic (exact) mass is 449 g/mol. The fourth-order valence-electron chi connectivity index (χ4n) is 2.93. The number of carbonyl (C=O) groups excluding carboxylic acids is 4. The summed E-state index contributed by atoms with van der Waals surface area (Å²) in [5.41, 5.74) is -0.0676. The second-order valence-corrected chi connectivity index (χ2v) is 8.10. The number of hydrogen-bond donors (Lipinski definition) is 2. The number of benzene rings is 1. The molecule has 0 fully saturated rings. The van der Waals surface area contributed by atoms with Gasteiger partial charge in [0.15, 0.2) is 0 Å². The Morgan fingerprint density at radius 1 is 1.03 bits per heavy atom. The second kappa shape index (κ2) is 13.3. The van der Waals surface area contributed by atoms with Crippen molar-refractivity contribution in [2.24, 2.45) is 0 Å². The topological polar surface area (TPSA) is 114 Å². The summed E-state index contributed by atoms with van der Waals surface area (Å²) in [6.45, 7) is 9.13. The molecule has 9 heteroatoms. The number of nitrogens with one attached hydrogen (secondary N) is 2. The predicted molar refractivity (Wildman–Crippen MR) is 120 cm³/mol. The fraction of sp³-hybridized carbons (Fsp3) is 0.565. The van der Waals surface area contributed by atoms with Gasteiger partial charge in [-0.15, -0.1) is 0 Å². The largest absolute Gasteiger partial charge is 0.466 e. The molecule has 1 aromatic rings. The molecule has 0 bridgehead atoms. The van der Waals surface area contributed by atoms with Crippen molar-refractivity contribution in [2.45, 2.75) is 59.1 Å². The molecular formula is C23H35N3O6. The lowest BCUT2D eigenvalue weighted by Gasteiger charge is -2.31. The van der Waals surface area contributed by atoms with Crippen LogP contribution in [0.5, 0.6) is 0 Å². The summed E-state index contributed by atoms with van der Waals surface area (Å²) in [6, 6.07) is 7.98. The van der Waals surface area contributed by atoms with Crippen LogP contribution >= 0.6 is 0 Å². The van der Waals surface area contributed by atoms with Gasteiger partial charge < -0.3 is 25.0 Å². The van der Waals surface area contributed by atoms with E-state index in [0.717, 1.165) is 0 Å². The third-order valence-corrected chi connectivity index (χ3v) is 4.18. The lowest BCUT2D eigenvalue weighted by Crippen LogP contribution is -2.48. The maximum absolute atomic E-state index is 13.1. The quantitative estimate of drug-likeness (QED) is 0.502. The van der Waals surface area contributed by atoms with Crippen molar-refractivity contribution >= 4 is 23.9 Å². The summed E-state index contributed by atoms with van der Waals surface area (Å²) in [6.07, 6.45) is -0.0712. The molecule has 0 spiro atoms. The van der Waals surface area contributed by atoms with Gasteiger partial charge in [0, 0.05) is 13.1 Å². The Hall–Kier alpha value is -3.10. The van der Waals surface area contributed by atoms with Gasteiger partial charge in [-0.25, -0.2) is 4.79 Å². The van der Waals surface area contributed by atoms with Crippen LogP contribution in [0.15, 0.2) is 30.3 Å². The molecule has 0 heterocycles. The van der Waals surface area contributed by atoms with Crippen LogP contribution in [-0.4, -0.2) is 60.6 Å². The van der Waals surface area contributed by atoms with E-state index >= 15 is 0 Å². The molecule has 32 heavy (non-hydrogen) atoms. The molecule has 0 aromatic heterocycles. The van der Waals surface area contributed by atoms with E-state index in [9.17, 15) is 19.2 Å².